The fraction of sp³-hybridized carbons (Fsp3) is 0.455. The minimum absolute atomic E-state index is 1.02. The molecule has 0 aliphatic carbocycles. The Bertz CT molecular complexity index is 161. The Labute approximate surface area is 70.3 Å². The maximum atomic E-state index is 3.92. The SMILES string of the molecule is C=C(/C=C\C(=C)CCC)CC. The third-order valence-corrected chi connectivity index (χ3v) is 1.58. The topological polar surface area (TPSA) is 0 Å². The molecule has 0 heterocycles. The molecule has 62 valence electrons. The van der Waals surface area contributed by atoms with Gasteiger partial charge in [0.05, 0.1) is 0 Å². The first kappa shape index (κ1) is 10.2. The van der Waals surface area contributed by atoms with Crippen LogP contribution in [0.1, 0.15) is 33.1 Å². The molecule has 0 aliphatic rings. The van der Waals surface area contributed by atoms with Crippen LogP contribution in [0.15, 0.2) is 36.5 Å². The second-order valence-electron chi connectivity index (χ2n) is 2.75. The van der Waals surface area contributed by atoms with Crippen LogP contribution in [0.3, 0.4) is 0 Å². The average molecular weight is 150 g/mol. The van der Waals surface area contributed by atoms with Crippen LogP contribution in [0.2, 0.25) is 0 Å². The van der Waals surface area contributed by atoms with Gasteiger partial charge in [0.2, 0.25) is 0 Å². The molecule has 0 aromatic carbocycles. The van der Waals surface area contributed by atoms with Gasteiger partial charge in [-0.25, -0.2) is 0 Å². The number of hydrogen-bond acceptors (Lipinski definition) is 0. The lowest BCUT2D eigenvalue weighted by Crippen LogP contribution is -1.75. The predicted octanol–water partition coefficient (Wildman–Crippen LogP) is 3.87. The lowest BCUT2D eigenvalue weighted by Gasteiger charge is -1.95. The van der Waals surface area contributed by atoms with Crippen molar-refractivity contribution in [2.75, 3.05) is 0 Å². The summed E-state index contributed by atoms with van der Waals surface area (Å²) in [5.74, 6) is 0. The highest BCUT2D eigenvalue weighted by Gasteiger charge is 1.85. The summed E-state index contributed by atoms with van der Waals surface area (Å²) in [6.45, 7) is 12.1. The molecule has 0 spiro atoms. The van der Waals surface area contributed by atoms with E-state index in [-0.39, 0.29) is 0 Å². The maximum absolute atomic E-state index is 3.92. The zero-order valence-corrected chi connectivity index (χ0v) is 7.69. The minimum Gasteiger partial charge on any atom is -0.0958 e. The van der Waals surface area contributed by atoms with E-state index in [9.17, 15) is 0 Å². The van der Waals surface area contributed by atoms with Crippen LogP contribution in [0, 0.1) is 0 Å². The summed E-state index contributed by atoms with van der Waals surface area (Å²) in [5, 5.41) is 0. The Hall–Kier alpha value is -0.780. The Morgan fingerprint density at radius 3 is 2.09 bits per heavy atom. The molecule has 0 N–H and O–H groups in total. The van der Waals surface area contributed by atoms with E-state index in [1.165, 1.54) is 17.6 Å². The van der Waals surface area contributed by atoms with Gasteiger partial charge in [0.15, 0.2) is 0 Å². The number of allylic oxidation sites excluding steroid dienone is 4. The number of rotatable bonds is 5. The van der Waals surface area contributed by atoms with Crippen molar-refractivity contribution >= 4 is 0 Å². The van der Waals surface area contributed by atoms with E-state index >= 15 is 0 Å². The molecule has 0 aromatic rings. The van der Waals surface area contributed by atoms with Gasteiger partial charge in [0.1, 0.15) is 0 Å². The minimum atomic E-state index is 1.02. The van der Waals surface area contributed by atoms with E-state index in [4.69, 9.17) is 0 Å². The van der Waals surface area contributed by atoms with Gasteiger partial charge in [-0.1, -0.05) is 56.7 Å². The molecule has 0 heteroatoms. The predicted molar refractivity (Wildman–Crippen MR) is 52.6 cm³/mol. The summed E-state index contributed by atoms with van der Waals surface area (Å²) in [6.07, 6.45) is 7.40. The van der Waals surface area contributed by atoms with Crippen molar-refractivity contribution in [3.8, 4) is 0 Å². The molecule has 0 nitrogen and oxygen atoms in total. The summed E-state index contributed by atoms with van der Waals surface area (Å²) in [5.41, 5.74) is 2.37. The molecule has 0 aromatic heterocycles. The Morgan fingerprint density at radius 1 is 1.09 bits per heavy atom. The average Bonchev–Trinajstić information content (AvgIpc) is 2.01. The quantitative estimate of drug-likeness (QED) is 0.522. The van der Waals surface area contributed by atoms with Crippen LogP contribution in [-0.4, -0.2) is 0 Å². The van der Waals surface area contributed by atoms with Gasteiger partial charge in [0, 0.05) is 0 Å². The van der Waals surface area contributed by atoms with Gasteiger partial charge in [-0.3, -0.25) is 0 Å². The van der Waals surface area contributed by atoms with Gasteiger partial charge in [-0.05, 0) is 12.8 Å². The Balaban J connectivity index is 3.73. The molecule has 0 aliphatic heterocycles. The highest BCUT2D eigenvalue weighted by atomic mass is 13.9. The van der Waals surface area contributed by atoms with Crippen molar-refractivity contribution in [2.45, 2.75) is 33.1 Å². The van der Waals surface area contributed by atoms with Crippen LogP contribution >= 0.6 is 0 Å². The first-order chi connectivity index (χ1) is 5.20. The lowest BCUT2D eigenvalue weighted by molar-refractivity contribution is 0.929. The zero-order chi connectivity index (χ0) is 8.69. The van der Waals surface area contributed by atoms with E-state index in [0.29, 0.717) is 0 Å². The van der Waals surface area contributed by atoms with Gasteiger partial charge in [-0.2, -0.15) is 0 Å². The summed E-state index contributed by atoms with van der Waals surface area (Å²) in [7, 11) is 0. The second-order valence-corrected chi connectivity index (χ2v) is 2.75. The van der Waals surface area contributed by atoms with Crippen LogP contribution in [0.25, 0.3) is 0 Å². The lowest BCUT2D eigenvalue weighted by atomic mass is 10.1. The van der Waals surface area contributed by atoms with E-state index in [0.717, 1.165) is 12.8 Å². The van der Waals surface area contributed by atoms with E-state index in [1.807, 2.05) is 0 Å². The van der Waals surface area contributed by atoms with Gasteiger partial charge < -0.3 is 0 Å². The molecule has 0 fully saturated rings. The molecule has 0 amide bonds. The molecule has 0 saturated heterocycles. The van der Waals surface area contributed by atoms with Crippen LogP contribution < -0.4 is 0 Å². The fourth-order valence-corrected chi connectivity index (χ4v) is 0.758. The van der Waals surface area contributed by atoms with Crippen molar-refractivity contribution in [3.05, 3.63) is 36.5 Å². The third-order valence-electron chi connectivity index (χ3n) is 1.58. The zero-order valence-electron chi connectivity index (χ0n) is 7.69. The highest BCUT2D eigenvalue weighted by Crippen LogP contribution is 2.06. The smallest absolute Gasteiger partial charge is 0.0287 e. The maximum Gasteiger partial charge on any atom is -0.0287 e. The van der Waals surface area contributed by atoms with E-state index in [2.05, 4.69) is 39.2 Å². The third kappa shape index (κ3) is 5.65. The summed E-state index contributed by atoms with van der Waals surface area (Å²) in [6, 6.07) is 0. The fourth-order valence-electron chi connectivity index (χ4n) is 0.758. The van der Waals surface area contributed by atoms with Crippen molar-refractivity contribution in [1.82, 2.24) is 0 Å². The van der Waals surface area contributed by atoms with Crippen LogP contribution in [-0.2, 0) is 0 Å². The van der Waals surface area contributed by atoms with Crippen LogP contribution in [0.5, 0.6) is 0 Å². The van der Waals surface area contributed by atoms with Crippen molar-refractivity contribution in [3.63, 3.8) is 0 Å². The molecule has 0 saturated carbocycles. The summed E-state index contributed by atoms with van der Waals surface area (Å²) in [4.78, 5) is 0. The first-order valence-corrected chi connectivity index (χ1v) is 4.24. The summed E-state index contributed by atoms with van der Waals surface area (Å²) >= 11 is 0. The number of hydrogen-bond donors (Lipinski definition) is 0. The van der Waals surface area contributed by atoms with Gasteiger partial charge >= 0.3 is 0 Å². The summed E-state index contributed by atoms with van der Waals surface area (Å²) < 4.78 is 0. The van der Waals surface area contributed by atoms with Crippen molar-refractivity contribution < 1.29 is 0 Å². The Morgan fingerprint density at radius 2 is 1.64 bits per heavy atom. The van der Waals surface area contributed by atoms with Gasteiger partial charge in [0.25, 0.3) is 0 Å². The molecule has 0 unspecified atom stereocenters. The molecule has 0 atom stereocenters. The van der Waals surface area contributed by atoms with Crippen LogP contribution in [0.4, 0.5) is 0 Å². The van der Waals surface area contributed by atoms with E-state index in [1.54, 1.807) is 0 Å². The van der Waals surface area contributed by atoms with Crippen molar-refractivity contribution in [1.29, 1.82) is 0 Å². The van der Waals surface area contributed by atoms with Gasteiger partial charge in [-0.15, -0.1) is 0 Å². The standard InChI is InChI=1S/C11H18/c1-5-7-11(4)9-8-10(3)6-2/h8-9H,3-7H2,1-2H3/b9-8-. The monoisotopic (exact) mass is 150 g/mol. The largest absolute Gasteiger partial charge is 0.0958 e. The molecule has 0 bridgehead atoms. The first-order valence-electron chi connectivity index (χ1n) is 4.24. The molecular formula is C11H18. The molecule has 0 radical (unpaired) electrons. The van der Waals surface area contributed by atoms with E-state index < -0.39 is 0 Å². The molecule has 0 rings (SSSR count). The highest BCUT2D eigenvalue weighted by molar-refractivity contribution is 5.23. The second kappa shape index (κ2) is 5.96. The molecule has 11 heavy (non-hydrogen) atoms. The van der Waals surface area contributed by atoms with Crippen molar-refractivity contribution in [2.24, 2.45) is 0 Å². The Kier molecular flexibility index (Phi) is 5.54. The molecular weight excluding hydrogens is 132 g/mol. The normalized spacial score (nSPS) is 10.4.